The van der Waals surface area contributed by atoms with Crippen molar-refractivity contribution < 1.29 is 9.59 Å². The first-order chi connectivity index (χ1) is 8.10. The third kappa shape index (κ3) is 1.86. The van der Waals surface area contributed by atoms with Crippen LogP contribution >= 0.6 is 0 Å². The molecule has 3 nitrogen and oxygen atoms in total. The molecule has 92 valence electrons. The highest BCUT2D eigenvalue weighted by atomic mass is 16.2. The van der Waals surface area contributed by atoms with Crippen LogP contribution in [0.25, 0.3) is 0 Å². The van der Waals surface area contributed by atoms with Gasteiger partial charge in [-0.15, -0.1) is 12.3 Å². The zero-order valence-corrected chi connectivity index (χ0v) is 10.5. The van der Waals surface area contributed by atoms with E-state index in [1.165, 1.54) is 4.90 Å². The predicted octanol–water partition coefficient (Wildman–Crippen LogP) is 1.82. The molecule has 0 aromatic carbocycles. The Morgan fingerprint density at radius 1 is 1.35 bits per heavy atom. The lowest BCUT2D eigenvalue weighted by atomic mass is 10.00. The summed E-state index contributed by atoms with van der Waals surface area (Å²) in [6.45, 7) is 4.08. The van der Waals surface area contributed by atoms with Gasteiger partial charge >= 0.3 is 0 Å². The number of likely N-dealkylation sites (tertiary alicyclic amines) is 1. The van der Waals surface area contributed by atoms with Gasteiger partial charge in [-0.05, 0) is 25.2 Å². The number of imide groups is 1. The molecule has 2 amide bonds. The zero-order valence-electron chi connectivity index (χ0n) is 10.5. The zero-order chi connectivity index (χ0) is 12.6. The highest BCUT2D eigenvalue weighted by molar-refractivity contribution is 6.05. The van der Waals surface area contributed by atoms with Crippen molar-refractivity contribution in [3.8, 4) is 12.3 Å². The highest BCUT2D eigenvalue weighted by Gasteiger charge is 2.53. The van der Waals surface area contributed by atoms with Crippen LogP contribution in [0.5, 0.6) is 0 Å². The molecular weight excluding hydrogens is 214 g/mol. The number of terminal acetylenes is 1. The van der Waals surface area contributed by atoms with E-state index in [2.05, 4.69) is 12.8 Å². The van der Waals surface area contributed by atoms with Gasteiger partial charge in [0.1, 0.15) is 0 Å². The topological polar surface area (TPSA) is 37.4 Å². The summed E-state index contributed by atoms with van der Waals surface area (Å²) in [6, 6.07) is -0.0964. The fraction of sp³-hybridized carbons (Fsp3) is 0.714. The third-order valence-electron chi connectivity index (χ3n) is 4.10. The Labute approximate surface area is 103 Å². The van der Waals surface area contributed by atoms with Crippen LogP contribution in [0.2, 0.25) is 0 Å². The van der Waals surface area contributed by atoms with E-state index < -0.39 is 0 Å². The van der Waals surface area contributed by atoms with Crippen LogP contribution in [-0.4, -0.2) is 22.8 Å². The van der Waals surface area contributed by atoms with Crippen molar-refractivity contribution in [1.29, 1.82) is 0 Å². The molecule has 0 aromatic heterocycles. The number of rotatable bonds is 3. The lowest BCUT2D eigenvalue weighted by Gasteiger charge is -2.25. The quantitative estimate of drug-likeness (QED) is 0.551. The molecule has 0 spiro atoms. The van der Waals surface area contributed by atoms with Crippen molar-refractivity contribution in [2.45, 2.75) is 45.6 Å². The van der Waals surface area contributed by atoms with Gasteiger partial charge in [-0.1, -0.05) is 13.8 Å². The van der Waals surface area contributed by atoms with E-state index in [-0.39, 0.29) is 29.7 Å². The summed E-state index contributed by atoms with van der Waals surface area (Å²) < 4.78 is 0. The summed E-state index contributed by atoms with van der Waals surface area (Å²) in [5.74, 6) is 2.97. The molecule has 3 atom stereocenters. The maximum Gasteiger partial charge on any atom is 0.233 e. The molecule has 1 heterocycles. The fourth-order valence-corrected chi connectivity index (χ4v) is 3.22. The molecule has 0 N–H and O–H groups in total. The Kier molecular flexibility index (Phi) is 3.24. The van der Waals surface area contributed by atoms with Gasteiger partial charge in [-0.2, -0.15) is 0 Å². The predicted molar refractivity (Wildman–Crippen MR) is 64.8 cm³/mol. The Balaban J connectivity index is 2.19. The number of amides is 2. The smallest absolute Gasteiger partial charge is 0.233 e. The third-order valence-corrected chi connectivity index (χ3v) is 4.10. The minimum absolute atomic E-state index is 0.0199. The van der Waals surface area contributed by atoms with Crippen LogP contribution in [0.4, 0.5) is 0 Å². The van der Waals surface area contributed by atoms with Crippen molar-refractivity contribution in [2.75, 3.05) is 0 Å². The normalized spacial score (nSPS) is 33.7. The first-order valence-corrected chi connectivity index (χ1v) is 6.40. The molecular formula is C14H19NO2. The molecule has 2 aliphatic rings. The van der Waals surface area contributed by atoms with Gasteiger partial charge in [-0.25, -0.2) is 0 Å². The molecule has 1 saturated carbocycles. The number of carbonyl (C=O) groups is 2. The van der Waals surface area contributed by atoms with Crippen LogP contribution in [0.3, 0.4) is 0 Å². The number of hydrogen-bond acceptors (Lipinski definition) is 2. The number of hydrogen-bond donors (Lipinski definition) is 0. The minimum Gasteiger partial charge on any atom is -0.278 e. The SMILES string of the molecule is C#CCC(CC)N1C(=O)C2CC(C)CC2C1=O. The van der Waals surface area contributed by atoms with E-state index in [1.807, 2.05) is 6.92 Å². The van der Waals surface area contributed by atoms with Crippen molar-refractivity contribution >= 4 is 11.8 Å². The standard InChI is InChI=1S/C14H19NO2/c1-4-6-10(5-2)15-13(16)11-7-9(3)8-12(11)14(15)17/h1,9-12H,5-8H2,2-3H3. The fourth-order valence-electron chi connectivity index (χ4n) is 3.22. The highest BCUT2D eigenvalue weighted by Crippen LogP contribution is 2.43. The van der Waals surface area contributed by atoms with Gasteiger partial charge in [0.15, 0.2) is 0 Å². The maximum atomic E-state index is 12.3. The van der Waals surface area contributed by atoms with E-state index in [0.717, 1.165) is 19.3 Å². The molecule has 1 aliphatic heterocycles. The Morgan fingerprint density at radius 3 is 2.29 bits per heavy atom. The largest absolute Gasteiger partial charge is 0.278 e. The second kappa shape index (κ2) is 4.52. The average Bonchev–Trinajstić information content (AvgIpc) is 2.78. The van der Waals surface area contributed by atoms with E-state index in [0.29, 0.717) is 12.3 Å². The van der Waals surface area contributed by atoms with E-state index in [1.54, 1.807) is 0 Å². The van der Waals surface area contributed by atoms with Gasteiger partial charge in [0, 0.05) is 6.42 Å². The lowest BCUT2D eigenvalue weighted by molar-refractivity contribution is -0.143. The lowest BCUT2D eigenvalue weighted by Crippen LogP contribution is -2.40. The molecule has 1 saturated heterocycles. The molecule has 0 aromatic rings. The van der Waals surface area contributed by atoms with Gasteiger partial charge in [0.05, 0.1) is 17.9 Å². The molecule has 2 fully saturated rings. The minimum atomic E-state index is -0.0964. The summed E-state index contributed by atoms with van der Waals surface area (Å²) in [6.07, 6.45) is 8.24. The van der Waals surface area contributed by atoms with Gasteiger partial charge in [-0.3, -0.25) is 14.5 Å². The Morgan fingerprint density at radius 2 is 1.88 bits per heavy atom. The van der Waals surface area contributed by atoms with Crippen LogP contribution in [0.1, 0.15) is 39.5 Å². The Bertz CT molecular complexity index is 358. The summed E-state index contributed by atoms with van der Waals surface area (Å²) in [7, 11) is 0. The van der Waals surface area contributed by atoms with Crippen LogP contribution in [-0.2, 0) is 9.59 Å². The first kappa shape index (κ1) is 12.2. The molecule has 1 aliphatic carbocycles. The number of carbonyl (C=O) groups excluding carboxylic acids is 2. The second-order valence-corrected chi connectivity index (χ2v) is 5.31. The summed E-state index contributed by atoms with van der Waals surface area (Å²) in [5.41, 5.74) is 0. The molecule has 3 unspecified atom stereocenters. The maximum absolute atomic E-state index is 12.3. The number of nitrogens with zero attached hydrogens (tertiary/aromatic N) is 1. The van der Waals surface area contributed by atoms with E-state index >= 15 is 0 Å². The van der Waals surface area contributed by atoms with Crippen molar-refractivity contribution in [3.05, 3.63) is 0 Å². The van der Waals surface area contributed by atoms with Crippen LogP contribution in [0, 0.1) is 30.1 Å². The molecule has 3 heteroatoms. The monoisotopic (exact) mass is 233 g/mol. The van der Waals surface area contributed by atoms with Gasteiger partial charge in [0.2, 0.25) is 11.8 Å². The van der Waals surface area contributed by atoms with E-state index in [4.69, 9.17) is 6.42 Å². The number of fused-ring (bicyclic) bond motifs is 1. The van der Waals surface area contributed by atoms with Crippen LogP contribution in [0.15, 0.2) is 0 Å². The molecule has 0 bridgehead atoms. The average molecular weight is 233 g/mol. The molecule has 2 rings (SSSR count). The molecule has 0 radical (unpaired) electrons. The van der Waals surface area contributed by atoms with Crippen molar-refractivity contribution in [2.24, 2.45) is 17.8 Å². The summed E-state index contributed by atoms with van der Waals surface area (Å²) >= 11 is 0. The Hall–Kier alpha value is -1.30. The second-order valence-electron chi connectivity index (χ2n) is 5.31. The van der Waals surface area contributed by atoms with Crippen LogP contribution < -0.4 is 0 Å². The van der Waals surface area contributed by atoms with Gasteiger partial charge in [0.25, 0.3) is 0 Å². The van der Waals surface area contributed by atoms with Crippen molar-refractivity contribution in [3.63, 3.8) is 0 Å². The van der Waals surface area contributed by atoms with Gasteiger partial charge < -0.3 is 0 Å². The summed E-state index contributed by atoms with van der Waals surface area (Å²) in [4.78, 5) is 26.0. The first-order valence-electron chi connectivity index (χ1n) is 6.40. The van der Waals surface area contributed by atoms with Crippen molar-refractivity contribution in [1.82, 2.24) is 4.90 Å². The summed E-state index contributed by atoms with van der Waals surface area (Å²) in [5, 5.41) is 0. The molecule has 17 heavy (non-hydrogen) atoms. The van der Waals surface area contributed by atoms with E-state index in [9.17, 15) is 9.59 Å².